The summed E-state index contributed by atoms with van der Waals surface area (Å²) in [6.07, 6.45) is 5.65. The number of hydrogen-bond donors (Lipinski definition) is 2. The first kappa shape index (κ1) is 22.8. The summed E-state index contributed by atoms with van der Waals surface area (Å²) in [7, 11) is 1.54. The molecule has 3 aliphatic carbocycles. The van der Waals surface area contributed by atoms with Gasteiger partial charge in [-0.2, -0.15) is 5.10 Å². The van der Waals surface area contributed by atoms with Gasteiger partial charge >= 0.3 is 0 Å². The van der Waals surface area contributed by atoms with E-state index in [0.29, 0.717) is 45.9 Å². The molecule has 8 nitrogen and oxygen atoms in total. The lowest BCUT2D eigenvalue weighted by Gasteiger charge is -2.62. The summed E-state index contributed by atoms with van der Waals surface area (Å²) in [5.41, 5.74) is 1.62. The average molecular weight is 504 g/mol. The zero-order chi connectivity index (χ0) is 23.0. The van der Waals surface area contributed by atoms with Crippen LogP contribution in [0.25, 0.3) is 0 Å². The summed E-state index contributed by atoms with van der Waals surface area (Å²) >= 11 is 3.42. The summed E-state index contributed by atoms with van der Waals surface area (Å²) in [6.45, 7) is 7.19. The van der Waals surface area contributed by atoms with Crippen LogP contribution in [0.3, 0.4) is 0 Å². The van der Waals surface area contributed by atoms with Crippen molar-refractivity contribution in [2.75, 3.05) is 12.4 Å². The van der Waals surface area contributed by atoms with E-state index < -0.39 is 0 Å². The lowest BCUT2D eigenvalue weighted by molar-refractivity contribution is -0.122. The van der Waals surface area contributed by atoms with Crippen LogP contribution >= 0.6 is 15.9 Å². The highest BCUT2D eigenvalue weighted by Crippen LogP contribution is 2.61. The molecule has 0 aliphatic heterocycles. The highest BCUT2D eigenvalue weighted by Gasteiger charge is 2.56. The van der Waals surface area contributed by atoms with Gasteiger partial charge in [0.05, 0.1) is 19.0 Å². The van der Waals surface area contributed by atoms with Gasteiger partial charge in [-0.25, -0.2) is 9.67 Å². The number of methoxy groups -OCH3 is 1. The number of halogens is 1. The Hall–Kier alpha value is -2.42. The molecule has 3 fully saturated rings. The highest BCUT2D eigenvalue weighted by atomic mass is 79.9. The summed E-state index contributed by atoms with van der Waals surface area (Å²) in [4.78, 5) is 29.2. The van der Waals surface area contributed by atoms with Gasteiger partial charge in [0, 0.05) is 24.8 Å². The van der Waals surface area contributed by atoms with Crippen molar-refractivity contribution in [3.8, 4) is 5.88 Å². The van der Waals surface area contributed by atoms with Crippen molar-refractivity contribution in [1.82, 2.24) is 20.1 Å². The summed E-state index contributed by atoms with van der Waals surface area (Å²) in [5.74, 6) is 2.13. The van der Waals surface area contributed by atoms with Crippen LogP contribution in [-0.2, 0) is 17.9 Å². The van der Waals surface area contributed by atoms with E-state index in [2.05, 4.69) is 57.4 Å². The number of anilines is 1. The van der Waals surface area contributed by atoms with Crippen molar-refractivity contribution in [2.24, 2.45) is 23.2 Å². The summed E-state index contributed by atoms with van der Waals surface area (Å²) in [6, 6.07) is 3.86. The number of aromatic nitrogens is 3. The van der Waals surface area contributed by atoms with E-state index in [0.717, 1.165) is 17.9 Å². The molecule has 9 heteroatoms. The maximum Gasteiger partial charge on any atom is 0.283 e. The number of rotatable bonds is 7. The Morgan fingerprint density at radius 3 is 2.84 bits per heavy atom. The molecule has 2 heterocycles. The van der Waals surface area contributed by atoms with Gasteiger partial charge in [0.2, 0.25) is 11.8 Å². The molecule has 2 aromatic heterocycles. The maximum absolute atomic E-state index is 12.8. The largest absolute Gasteiger partial charge is 0.481 e. The molecule has 172 valence electrons. The normalized spacial score (nSPS) is 25.5. The first-order valence-corrected chi connectivity index (χ1v) is 11.8. The van der Waals surface area contributed by atoms with Crippen LogP contribution in [0.4, 0.5) is 5.69 Å². The Morgan fingerprint density at radius 1 is 1.38 bits per heavy atom. The zero-order valence-corrected chi connectivity index (χ0v) is 20.5. The standard InChI is InChI=1S/C23H30BrN5O3/c1-13-16-8-15(23(16,2)3)9-17(13)28-18-11-27-29(22(31)21(18)24)12-19(30)26-10-14-5-6-25-20(7-14)32-4/h5-7,11,13,15-17,28H,8-10,12H2,1-4H3,(H,26,30)/t13-,15+,16-,17-/m1/s1. The summed E-state index contributed by atoms with van der Waals surface area (Å²) in [5, 5.41) is 10.6. The van der Waals surface area contributed by atoms with Gasteiger partial charge in [-0.05, 0) is 63.6 Å². The molecule has 3 aliphatic rings. The minimum atomic E-state index is -0.329. The number of amides is 1. The van der Waals surface area contributed by atoms with E-state index >= 15 is 0 Å². The predicted octanol–water partition coefficient (Wildman–Crippen LogP) is 3.21. The van der Waals surface area contributed by atoms with Gasteiger partial charge < -0.3 is 15.4 Å². The van der Waals surface area contributed by atoms with Crippen molar-refractivity contribution in [3.05, 3.63) is 44.9 Å². The molecule has 0 unspecified atom stereocenters. The third kappa shape index (κ3) is 4.27. The average Bonchev–Trinajstić information content (AvgIpc) is 2.78. The Balaban J connectivity index is 1.37. The zero-order valence-electron chi connectivity index (χ0n) is 18.9. The lowest BCUT2D eigenvalue weighted by atomic mass is 9.45. The molecule has 0 spiro atoms. The quantitative estimate of drug-likeness (QED) is 0.601. The SMILES string of the molecule is COc1cc(CNC(=O)Cn2ncc(N[C@@H]3C[C@@H]4C[C@H]([C@H]3C)C4(C)C)c(Br)c2=O)ccn1. The van der Waals surface area contributed by atoms with Gasteiger partial charge in [0.25, 0.3) is 5.56 Å². The second-order valence-corrected chi connectivity index (χ2v) is 10.3. The van der Waals surface area contributed by atoms with E-state index in [1.165, 1.54) is 18.2 Å². The maximum atomic E-state index is 12.8. The molecular formula is C23H30BrN5O3. The van der Waals surface area contributed by atoms with Crippen molar-refractivity contribution in [1.29, 1.82) is 0 Å². The number of carbonyl (C=O) groups excluding carboxylic acids is 1. The van der Waals surface area contributed by atoms with Gasteiger partial charge in [-0.1, -0.05) is 20.8 Å². The van der Waals surface area contributed by atoms with Gasteiger partial charge in [-0.15, -0.1) is 0 Å². The van der Waals surface area contributed by atoms with E-state index in [1.807, 2.05) is 0 Å². The monoisotopic (exact) mass is 503 g/mol. The van der Waals surface area contributed by atoms with Crippen LogP contribution < -0.4 is 20.9 Å². The van der Waals surface area contributed by atoms with Crippen LogP contribution in [0.15, 0.2) is 33.8 Å². The molecular weight excluding hydrogens is 474 g/mol. The van der Waals surface area contributed by atoms with Crippen molar-refractivity contribution in [3.63, 3.8) is 0 Å². The molecule has 2 bridgehead atoms. The summed E-state index contributed by atoms with van der Waals surface area (Å²) < 4.78 is 6.66. The van der Waals surface area contributed by atoms with E-state index in [9.17, 15) is 9.59 Å². The Bertz CT molecular complexity index is 1070. The number of nitrogens with one attached hydrogen (secondary N) is 2. The number of fused-ring (bicyclic) bond motifs is 2. The number of ether oxygens (including phenoxy) is 1. The van der Waals surface area contributed by atoms with Gasteiger partial charge in [0.1, 0.15) is 11.0 Å². The second kappa shape index (κ2) is 8.84. The Labute approximate surface area is 196 Å². The van der Waals surface area contributed by atoms with Gasteiger partial charge in [0.15, 0.2) is 0 Å². The predicted molar refractivity (Wildman–Crippen MR) is 125 cm³/mol. The van der Waals surface area contributed by atoms with Crippen LogP contribution in [0, 0.1) is 23.2 Å². The van der Waals surface area contributed by atoms with E-state index in [1.54, 1.807) is 24.5 Å². The van der Waals surface area contributed by atoms with Gasteiger partial charge in [-0.3, -0.25) is 9.59 Å². The molecule has 5 rings (SSSR count). The molecule has 0 radical (unpaired) electrons. The third-order valence-corrected chi connectivity index (χ3v) is 8.24. The van der Waals surface area contributed by atoms with E-state index in [4.69, 9.17) is 4.74 Å². The molecule has 3 saturated carbocycles. The number of pyridine rings is 1. The fraction of sp³-hybridized carbons (Fsp3) is 0.565. The fourth-order valence-corrected chi connectivity index (χ4v) is 5.70. The van der Waals surface area contributed by atoms with Crippen LogP contribution in [-0.4, -0.2) is 33.8 Å². The molecule has 2 N–H and O–H groups in total. The fourth-order valence-electron chi connectivity index (χ4n) is 5.28. The minimum Gasteiger partial charge on any atom is -0.481 e. The number of hydrogen-bond acceptors (Lipinski definition) is 6. The van der Waals surface area contributed by atoms with Crippen molar-refractivity contribution < 1.29 is 9.53 Å². The van der Waals surface area contributed by atoms with Crippen LogP contribution in [0.1, 0.15) is 39.2 Å². The minimum absolute atomic E-state index is 0.155. The topological polar surface area (TPSA) is 98.1 Å². The molecule has 1 amide bonds. The second-order valence-electron chi connectivity index (χ2n) is 9.52. The lowest BCUT2D eigenvalue weighted by Crippen LogP contribution is -2.58. The smallest absolute Gasteiger partial charge is 0.283 e. The van der Waals surface area contributed by atoms with Crippen LogP contribution in [0.2, 0.25) is 0 Å². The number of carbonyl (C=O) groups is 1. The van der Waals surface area contributed by atoms with E-state index in [-0.39, 0.29) is 18.0 Å². The Morgan fingerprint density at radius 2 is 2.16 bits per heavy atom. The highest BCUT2D eigenvalue weighted by molar-refractivity contribution is 9.10. The molecule has 32 heavy (non-hydrogen) atoms. The number of nitrogens with zero attached hydrogens (tertiary/aromatic N) is 3. The third-order valence-electron chi connectivity index (χ3n) is 7.47. The van der Waals surface area contributed by atoms with Crippen molar-refractivity contribution >= 4 is 27.5 Å². The molecule has 0 saturated heterocycles. The first-order valence-electron chi connectivity index (χ1n) is 11.0. The molecule has 4 atom stereocenters. The van der Waals surface area contributed by atoms with Crippen LogP contribution in [0.5, 0.6) is 5.88 Å². The first-order chi connectivity index (χ1) is 15.2. The molecule has 2 aromatic rings. The molecule has 0 aromatic carbocycles. The Kier molecular flexibility index (Phi) is 6.29. The van der Waals surface area contributed by atoms with Crippen molar-refractivity contribution in [2.45, 2.75) is 52.7 Å².